The average Bonchev–Trinajstić information content (AvgIpc) is 4.03. The zero-order valence-corrected chi connectivity index (χ0v) is 34.5. The molecule has 274 valence electrons. The number of rotatable bonds is 3. The number of halogens is 6. The summed E-state index contributed by atoms with van der Waals surface area (Å²) in [6.45, 7) is 4.00. The van der Waals surface area contributed by atoms with Crippen LogP contribution in [0.3, 0.4) is 0 Å². The second kappa shape index (κ2) is 25.6. The van der Waals surface area contributed by atoms with E-state index in [1.54, 1.807) is 42.5 Å². The number of nitrogens with zero attached hydrogens (tertiary/aromatic N) is 6. The van der Waals surface area contributed by atoms with Crippen molar-refractivity contribution in [3.05, 3.63) is 140 Å². The van der Waals surface area contributed by atoms with E-state index in [1.807, 2.05) is 6.07 Å². The van der Waals surface area contributed by atoms with Gasteiger partial charge in [-0.25, -0.2) is 0 Å². The molecule has 0 radical (unpaired) electrons. The Morgan fingerprint density at radius 1 is 0.491 bits per heavy atom. The van der Waals surface area contributed by atoms with E-state index in [0.717, 1.165) is 26.4 Å². The largest absolute Gasteiger partial charge is 2.00 e. The van der Waals surface area contributed by atoms with Crippen LogP contribution in [0.15, 0.2) is 113 Å². The van der Waals surface area contributed by atoms with Gasteiger partial charge in [-0.15, -0.1) is 0 Å². The summed E-state index contributed by atoms with van der Waals surface area (Å²) in [6.07, 6.45) is 5.11. The molecule has 6 aromatic rings. The molecule has 0 atom stereocenters. The molecular formula is C38H36BrCl5MgN6O2. The molecule has 2 fully saturated rings. The third-order valence-electron chi connectivity index (χ3n) is 6.37. The van der Waals surface area contributed by atoms with Gasteiger partial charge in [0.05, 0.1) is 13.7 Å². The van der Waals surface area contributed by atoms with E-state index < -0.39 is 18.1 Å². The first-order valence-electron chi connectivity index (χ1n) is 20.4. The van der Waals surface area contributed by atoms with Crippen LogP contribution in [0, 0.1) is 0 Å². The fraction of sp³-hybridized carbons (Fsp3) is 0.211. The van der Waals surface area contributed by atoms with Crippen LogP contribution in [-0.4, -0.2) is 79.4 Å². The standard InChI is InChI=1S/C15H9Cl2N3.C12H9Br.2C4H8O.C3Cl3N3.Mg.2H/c16-14-18-13(19-15(17)20-14)12-9-5-4-8-11(12)10-6-2-1-3-7-10;13-12-9-5-4-8-11(12)10-6-2-1-3-7-10;2*1-2-4-5-3-1;4-1-7-2(5)9-3(6)8-1;;;/h1-9H;1-9H;2*1-4H2;;;;/q;;;;;+2;2*-1/i2*1D,2D,3D,6D,7D;;;;;;. The van der Waals surface area contributed by atoms with E-state index in [-0.39, 0.29) is 112 Å². The van der Waals surface area contributed by atoms with Gasteiger partial charge in [0, 0.05) is 36.5 Å². The van der Waals surface area contributed by atoms with Gasteiger partial charge in [0.1, 0.15) is 0 Å². The summed E-state index contributed by atoms with van der Waals surface area (Å²) in [5.74, 6) is 0.146. The van der Waals surface area contributed by atoms with Gasteiger partial charge in [-0.1, -0.05) is 119 Å². The third-order valence-corrected chi connectivity index (χ3v) is 7.91. The van der Waals surface area contributed by atoms with E-state index >= 15 is 0 Å². The van der Waals surface area contributed by atoms with Gasteiger partial charge in [-0.3, -0.25) is 0 Å². The fourth-order valence-electron chi connectivity index (χ4n) is 4.10. The summed E-state index contributed by atoms with van der Waals surface area (Å²) in [6, 6.07) is 10.4. The van der Waals surface area contributed by atoms with Crippen molar-refractivity contribution < 1.29 is 26.0 Å². The Morgan fingerprint density at radius 2 is 0.830 bits per heavy atom. The Kier molecular flexibility index (Phi) is 15.3. The van der Waals surface area contributed by atoms with Gasteiger partial charge < -0.3 is 12.3 Å². The molecule has 0 amide bonds. The molecule has 0 unspecified atom stereocenters. The van der Waals surface area contributed by atoms with Gasteiger partial charge in [0.2, 0.25) is 26.4 Å². The quantitative estimate of drug-likeness (QED) is 0.162. The first-order chi connectivity index (χ1) is 29.4. The van der Waals surface area contributed by atoms with Crippen molar-refractivity contribution in [3.8, 4) is 33.6 Å². The molecule has 2 aromatic heterocycles. The van der Waals surface area contributed by atoms with Gasteiger partial charge in [0.15, 0.2) is 5.82 Å². The van der Waals surface area contributed by atoms with E-state index in [2.05, 4.69) is 45.8 Å². The van der Waals surface area contributed by atoms with E-state index in [0.29, 0.717) is 21.2 Å². The second-order valence-corrected chi connectivity index (χ2v) is 12.5. The van der Waals surface area contributed by atoms with Crippen LogP contribution in [0.2, 0.25) is 26.4 Å². The molecule has 2 aliphatic heterocycles. The van der Waals surface area contributed by atoms with Gasteiger partial charge in [-0.2, -0.15) is 29.9 Å². The molecule has 2 saturated heterocycles. The molecule has 0 N–H and O–H groups in total. The number of hydrogen-bond donors (Lipinski definition) is 0. The van der Waals surface area contributed by atoms with Crippen LogP contribution in [0.4, 0.5) is 0 Å². The summed E-state index contributed by atoms with van der Waals surface area (Å²) in [5.41, 5.74) is 1.65. The summed E-state index contributed by atoms with van der Waals surface area (Å²) < 4.78 is 88.8. The molecular weight excluding hydrogens is 854 g/mol. The Morgan fingerprint density at radius 3 is 1.21 bits per heavy atom. The van der Waals surface area contributed by atoms with E-state index in [4.69, 9.17) is 81.2 Å². The Labute approximate surface area is 376 Å². The molecule has 0 spiro atoms. The minimum atomic E-state index is -0.456. The van der Waals surface area contributed by atoms with Crippen molar-refractivity contribution in [2.24, 2.45) is 0 Å². The normalized spacial score (nSPS) is 15.2. The van der Waals surface area contributed by atoms with Crippen LogP contribution >= 0.6 is 73.9 Å². The topological polar surface area (TPSA) is 95.8 Å². The van der Waals surface area contributed by atoms with Crippen LogP contribution < -0.4 is 0 Å². The van der Waals surface area contributed by atoms with Crippen LogP contribution in [-0.2, 0) is 9.47 Å². The van der Waals surface area contributed by atoms with Crippen LogP contribution in [0.1, 0.15) is 42.2 Å². The van der Waals surface area contributed by atoms with Gasteiger partial charge in [0.25, 0.3) is 0 Å². The Bertz CT molecular complexity index is 2370. The monoisotopic (exact) mass is 896 g/mol. The zero-order chi connectivity index (χ0) is 45.7. The summed E-state index contributed by atoms with van der Waals surface area (Å²) in [5, 5.41) is -0.211. The zero-order valence-electron chi connectivity index (χ0n) is 39.8. The predicted octanol–water partition coefficient (Wildman–Crippen LogP) is 11.9. The summed E-state index contributed by atoms with van der Waals surface area (Å²) in [4.78, 5) is 22.1. The fourth-order valence-corrected chi connectivity index (χ4v) is 5.56. The molecule has 2 aliphatic rings. The van der Waals surface area contributed by atoms with Crippen LogP contribution in [0.25, 0.3) is 33.6 Å². The maximum atomic E-state index is 8.14. The SMILES string of the molecule is C1CCOC1.C1CCOC1.Clc1nc(Cl)nc(Cl)n1.[2H]c1c([2H])c([2H])c(-c2ccccc2-c2nc(Cl)nc(Cl)n2)c([2H])c1[2H].[2H]c1c([2H])c([2H])c(-c2ccccc2Br)c([2H])c1[2H].[H-].[H-].[Mg+2]. The smallest absolute Gasteiger partial charge is 1.00 e. The first kappa shape index (κ1) is 31.7. The molecule has 8 nitrogen and oxygen atoms in total. The third kappa shape index (κ3) is 16.8. The Balaban J connectivity index is 0.000000457. The van der Waals surface area contributed by atoms with Crippen molar-refractivity contribution >= 4 is 97.0 Å². The second-order valence-electron chi connectivity index (χ2n) is 10.0. The molecule has 8 rings (SSSR count). The summed E-state index contributed by atoms with van der Waals surface area (Å²) >= 11 is 30.9. The van der Waals surface area contributed by atoms with Crippen molar-refractivity contribution in [2.45, 2.75) is 25.7 Å². The molecule has 4 aromatic carbocycles. The minimum absolute atomic E-state index is 0. The number of ether oxygens (including phenoxy) is 2. The van der Waals surface area contributed by atoms with E-state index in [9.17, 15) is 0 Å². The maximum absolute atomic E-state index is 8.14. The van der Waals surface area contributed by atoms with Crippen molar-refractivity contribution in [3.63, 3.8) is 0 Å². The molecule has 0 aliphatic carbocycles. The van der Waals surface area contributed by atoms with Crippen molar-refractivity contribution in [1.82, 2.24) is 29.9 Å². The molecule has 0 saturated carbocycles. The number of benzene rings is 4. The van der Waals surface area contributed by atoms with Crippen molar-refractivity contribution in [2.75, 3.05) is 26.4 Å². The van der Waals surface area contributed by atoms with Gasteiger partial charge >= 0.3 is 23.1 Å². The number of aromatic nitrogens is 6. The van der Waals surface area contributed by atoms with Crippen LogP contribution in [0.5, 0.6) is 0 Å². The minimum Gasteiger partial charge on any atom is -1.00 e. The average molecular weight is 900 g/mol. The summed E-state index contributed by atoms with van der Waals surface area (Å²) in [7, 11) is 0. The molecule has 0 bridgehead atoms. The molecule has 4 heterocycles. The van der Waals surface area contributed by atoms with E-state index in [1.165, 1.54) is 25.7 Å². The predicted molar refractivity (Wildman–Crippen MR) is 223 cm³/mol. The molecule has 15 heteroatoms. The van der Waals surface area contributed by atoms with Gasteiger partial charge in [-0.05, 0) is 112 Å². The molecule has 53 heavy (non-hydrogen) atoms. The first-order valence-corrected chi connectivity index (χ1v) is 18.1. The Hall–Kier alpha value is -2.48. The van der Waals surface area contributed by atoms with Crippen molar-refractivity contribution in [1.29, 1.82) is 0 Å². The number of hydrogen-bond acceptors (Lipinski definition) is 8. The maximum Gasteiger partial charge on any atom is 2.00 e.